The molecular weight excluding hydrogens is 238 g/mol. The minimum Gasteiger partial charge on any atom is -0.355 e. The molecule has 4 nitrogen and oxygen atoms in total. The fourth-order valence-corrected chi connectivity index (χ4v) is 2.15. The Hall–Kier alpha value is -1.81. The first kappa shape index (κ1) is 13.6. The molecule has 4 heteroatoms. The lowest BCUT2D eigenvalue weighted by atomic mass is 10.1. The molecule has 0 aliphatic rings. The van der Waals surface area contributed by atoms with Crippen LogP contribution in [-0.2, 0) is 17.9 Å². The van der Waals surface area contributed by atoms with Crippen molar-refractivity contribution in [1.29, 1.82) is 0 Å². The first-order valence-electron chi connectivity index (χ1n) is 6.79. The molecule has 1 aromatic carbocycles. The van der Waals surface area contributed by atoms with Crippen LogP contribution in [0, 0.1) is 0 Å². The molecule has 2 N–H and O–H groups in total. The van der Waals surface area contributed by atoms with Gasteiger partial charge in [-0.2, -0.15) is 0 Å². The van der Waals surface area contributed by atoms with Gasteiger partial charge < -0.3 is 15.2 Å². The summed E-state index contributed by atoms with van der Waals surface area (Å²) in [4.78, 5) is 11.7. The van der Waals surface area contributed by atoms with E-state index < -0.39 is 0 Å². The van der Waals surface area contributed by atoms with Gasteiger partial charge in [-0.1, -0.05) is 19.1 Å². The molecule has 0 fully saturated rings. The normalized spacial score (nSPS) is 10.8. The summed E-state index contributed by atoms with van der Waals surface area (Å²) in [6.45, 7) is 6.89. The van der Waals surface area contributed by atoms with Crippen molar-refractivity contribution in [1.82, 2.24) is 15.2 Å². The Morgan fingerprint density at radius 1 is 1.21 bits per heavy atom. The maximum absolute atomic E-state index is 11.7. The van der Waals surface area contributed by atoms with Gasteiger partial charge in [-0.05, 0) is 36.6 Å². The molecule has 2 rings (SSSR count). The summed E-state index contributed by atoms with van der Waals surface area (Å²) in [7, 11) is 0. The lowest BCUT2D eigenvalue weighted by molar-refractivity contribution is -0.121. The Labute approximate surface area is 113 Å². The lowest BCUT2D eigenvalue weighted by Gasteiger charge is -2.07. The number of nitrogens with zero attached hydrogens (tertiary/aromatic N) is 1. The number of benzene rings is 1. The predicted molar refractivity (Wildman–Crippen MR) is 78.0 cm³/mol. The molecule has 0 aliphatic heterocycles. The van der Waals surface area contributed by atoms with E-state index in [1.807, 2.05) is 23.8 Å². The van der Waals surface area contributed by atoms with Gasteiger partial charge in [0.2, 0.25) is 5.91 Å². The molecular formula is C15H21N3O. The standard InChI is InChI=1S/C15H21N3O/c1-3-16-10-12-5-6-13-7-8-18(14(13)9-12)11-15(19)17-4-2/h5-9,16H,3-4,10-11H2,1-2H3,(H,17,19). The molecule has 0 saturated heterocycles. The van der Waals surface area contributed by atoms with Crippen LogP contribution < -0.4 is 10.6 Å². The van der Waals surface area contributed by atoms with E-state index >= 15 is 0 Å². The molecule has 102 valence electrons. The second-order valence-corrected chi connectivity index (χ2v) is 4.57. The maximum atomic E-state index is 11.7. The van der Waals surface area contributed by atoms with Gasteiger partial charge in [0.1, 0.15) is 6.54 Å². The van der Waals surface area contributed by atoms with Gasteiger partial charge in [0.15, 0.2) is 0 Å². The first-order chi connectivity index (χ1) is 9.24. The van der Waals surface area contributed by atoms with Crippen LogP contribution in [0.4, 0.5) is 0 Å². The van der Waals surface area contributed by atoms with Gasteiger partial charge in [-0.15, -0.1) is 0 Å². The molecule has 2 aromatic rings. The molecule has 1 aromatic heterocycles. The van der Waals surface area contributed by atoms with Crippen molar-refractivity contribution in [3.05, 3.63) is 36.0 Å². The van der Waals surface area contributed by atoms with E-state index in [9.17, 15) is 4.79 Å². The minimum absolute atomic E-state index is 0.0529. The average Bonchev–Trinajstić information content (AvgIpc) is 2.79. The number of amides is 1. The number of rotatable bonds is 6. The van der Waals surface area contributed by atoms with Crippen LogP contribution in [0.2, 0.25) is 0 Å². The average molecular weight is 259 g/mol. The fraction of sp³-hybridized carbons (Fsp3) is 0.400. The van der Waals surface area contributed by atoms with Crippen LogP contribution in [0.15, 0.2) is 30.5 Å². The third kappa shape index (κ3) is 3.35. The van der Waals surface area contributed by atoms with Gasteiger partial charge in [-0.3, -0.25) is 4.79 Å². The number of likely N-dealkylation sites (N-methyl/N-ethyl adjacent to an activating group) is 1. The zero-order valence-corrected chi connectivity index (χ0v) is 11.6. The Bertz CT molecular complexity index is 560. The van der Waals surface area contributed by atoms with Gasteiger partial charge in [0.25, 0.3) is 0 Å². The van der Waals surface area contributed by atoms with Crippen molar-refractivity contribution in [3.8, 4) is 0 Å². The summed E-state index contributed by atoms with van der Waals surface area (Å²) in [6.07, 6.45) is 1.97. The van der Waals surface area contributed by atoms with Crippen LogP contribution in [0.3, 0.4) is 0 Å². The largest absolute Gasteiger partial charge is 0.355 e. The number of hydrogen-bond acceptors (Lipinski definition) is 2. The summed E-state index contributed by atoms with van der Waals surface area (Å²) in [5.74, 6) is 0.0529. The fourth-order valence-electron chi connectivity index (χ4n) is 2.15. The van der Waals surface area contributed by atoms with E-state index in [4.69, 9.17) is 0 Å². The maximum Gasteiger partial charge on any atom is 0.239 e. The van der Waals surface area contributed by atoms with Crippen molar-refractivity contribution in [2.24, 2.45) is 0 Å². The van der Waals surface area contributed by atoms with Crippen LogP contribution in [-0.4, -0.2) is 23.6 Å². The number of carbonyl (C=O) groups excluding carboxylic acids is 1. The van der Waals surface area contributed by atoms with Crippen molar-refractivity contribution in [2.45, 2.75) is 26.9 Å². The smallest absolute Gasteiger partial charge is 0.239 e. The van der Waals surface area contributed by atoms with Crippen LogP contribution in [0.1, 0.15) is 19.4 Å². The van der Waals surface area contributed by atoms with Crippen molar-refractivity contribution < 1.29 is 4.79 Å². The SMILES string of the molecule is CCNCc1ccc2ccn(CC(=O)NCC)c2c1. The van der Waals surface area contributed by atoms with Crippen LogP contribution >= 0.6 is 0 Å². The van der Waals surface area contributed by atoms with E-state index in [2.05, 4.69) is 35.8 Å². The monoisotopic (exact) mass is 259 g/mol. The predicted octanol–water partition coefficient (Wildman–Crippen LogP) is 1.89. The molecule has 19 heavy (non-hydrogen) atoms. The van der Waals surface area contributed by atoms with E-state index in [1.165, 1.54) is 10.9 Å². The zero-order chi connectivity index (χ0) is 13.7. The second kappa shape index (κ2) is 6.38. The van der Waals surface area contributed by atoms with Crippen LogP contribution in [0.25, 0.3) is 10.9 Å². The highest BCUT2D eigenvalue weighted by Gasteiger charge is 2.06. The number of fused-ring (bicyclic) bond motifs is 1. The van der Waals surface area contributed by atoms with Gasteiger partial charge in [0.05, 0.1) is 0 Å². The number of carbonyl (C=O) groups is 1. The first-order valence-corrected chi connectivity index (χ1v) is 6.79. The summed E-state index contributed by atoms with van der Waals surface area (Å²) in [5, 5.41) is 7.31. The second-order valence-electron chi connectivity index (χ2n) is 4.57. The third-order valence-electron chi connectivity index (χ3n) is 3.11. The summed E-state index contributed by atoms with van der Waals surface area (Å²) >= 11 is 0. The Morgan fingerprint density at radius 3 is 2.79 bits per heavy atom. The third-order valence-corrected chi connectivity index (χ3v) is 3.11. The number of hydrogen-bond donors (Lipinski definition) is 2. The number of aromatic nitrogens is 1. The topological polar surface area (TPSA) is 46.1 Å². The molecule has 0 spiro atoms. The zero-order valence-electron chi connectivity index (χ0n) is 11.6. The highest BCUT2D eigenvalue weighted by molar-refractivity contribution is 5.83. The molecule has 1 amide bonds. The van der Waals surface area contributed by atoms with Crippen molar-refractivity contribution >= 4 is 16.8 Å². The summed E-state index contributed by atoms with van der Waals surface area (Å²) < 4.78 is 2.00. The Morgan fingerprint density at radius 2 is 2.05 bits per heavy atom. The molecule has 0 saturated carbocycles. The van der Waals surface area contributed by atoms with Crippen molar-refractivity contribution in [3.63, 3.8) is 0 Å². The molecule has 0 radical (unpaired) electrons. The number of nitrogens with one attached hydrogen (secondary N) is 2. The van der Waals surface area contributed by atoms with E-state index in [0.717, 1.165) is 18.6 Å². The summed E-state index contributed by atoms with van der Waals surface area (Å²) in [6, 6.07) is 8.43. The van der Waals surface area contributed by atoms with Crippen LogP contribution in [0.5, 0.6) is 0 Å². The molecule has 0 bridgehead atoms. The highest BCUT2D eigenvalue weighted by atomic mass is 16.1. The van der Waals surface area contributed by atoms with E-state index in [0.29, 0.717) is 13.1 Å². The molecule has 0 aliphatic carbocycles. The molecule has 0 unspecified atom stereocenters. The van der Waals surface area contributed by atoms with Gasteiger partial charge >= 0.3 is 0 Å². The molecule has 0 atom stereocenters. The highest BCUT2D eigenvalue weighted by Crippen LogP contribution is 2.17. The van der Waals surface area contributed by atoms with Crippen molar-refractivity contribution in [2.75, 3.05) is 13.1 Å². The minimum atomic E-state index is 0.0529. The summed E-state index contributed by atoms with van der Waals surface area (Å²) in [5.41, 5.74) is 2.35. The quantitative estimate of drug-likeness (QED) is 0.832. The van der Waals surface area contributed by atoms with Gasteiger partial charge in [-0.25, -0.2) is 0 Å². The van der Waals surface area contributed by atoms with E-state index in [-0.39, 0.29) is 5.91 Å². The Balaban J connectivity index is 2.21. The van der Waals surface area contributed by atoms with Gasteiger partial charge in [0, 0.05) is 24.8 Å². The lowest BCUT2D eigenvalue weighted by Crippen LogP contribution is -2.26. The molecule has 1 heterocycles. The Kier molecular flexibility index (Phi) is 4.58. The van der Waals surface area contributed by atoms with E-state index in [1.54, 1.807) is 0 Å².